The standard InChI is InChI=1S/C34H35N7O2/c1-19-35-9-8-30(36-19)39-15-20(16-39)17-41-32-25(37-33(41)28-12-21-6-4-5-7-26(21)38(28)2)11-23(14-29(32)43-3)34(42)40-18-24-10-22-13-27(40)31(22)24/h4-9,11-12,14,20,22,24,27,31H,10,13,15-18H2,1-3H3. The molecule has 4 unspecified atom stereocenters. The maximum absolute atomic E-state index is 13.9. The Balaban J connectivity index is 1.12. The predicted octanol–water partition coefficient (Wildman–Crippen LogP) is 4.92. The summed E-state index contributed by atoms with van der Waals surface area (Å²) >= 11 is 0. The first-order valence-corrected chi connectivity index (χ1v) is 15.5. The van der Waals surface area contributed by atoms with Crippen LogP contribution < -0.4 is 9.64 Å². The van der Waals surface area contributed by atoms with Gasteiger partial charge in [-0.25, -0.2) is 15.0 Å². The highest BCUT2D eigenvalue weighted by molar-refractivity contribution is 6.00. The Labute approximate surface area is 250 Å². The molecule has 2 saturated heterocycles. The molecule has 4 fully saturated rings. The topological polar surface area (TPSA) is 81.3 Å². The highest BCUT2D eigenvalue weighted by Crippen LogP contribution is 2.60. The molecule has 0 N–H and O–H groups in total. The van der Waals surface area contributed by atoms with E-state index in [1.165, 1.54) is 18.2 Å². The molecular weight excluding hydrogens is 538 g/mol. The smallest absolute Gasteiger partial charge is 0.254 e. The van der Waals surface area contributed by atoms with Gasteiger partial charge in [0.1, 0.15) is 22.9 Å². The van der Waals surface area contributed by atoms with E-state index in [0.29, 0.717) is 29.2 Å². The minimum atomic E-state index is 0.119. The normalized spacial score (nSPS) is 24.2. The summed E-state index contributed by atoms with van der Waals surface area (Å²) in [5, 5.41) is 1.18. The van der Waals surface area contributed by atoms with Crippen molar-refractivity contribution in [1.29, 1.82) is 0 Å². The van der Waals surface area contributed by atoms with Gasteiger partial charge in [0.25, 0.3) is 5.91 Å². The highest BCUT2D eigenvalue weighted by atomic mass is 16.5. The van der Waals surface area contributed by atoms with Gasteiger partial charge >= 0.3 is 0 Å². The molecule has 0 radical (unpaired) electrons. The van der Waals surface area contributed by atoms with E-state index < -0.39 is 0 Å². The second-order valence-corrected chi connectivity index (χ2v) is 13.1. The van der Waals surface area contributed by atoms with Crippen LogP contribution in [0.1, 0.15) is 29.0 Å². The van der Waals surface area contributed by atoms with Crippen molar-refractivity contribution in [3.8, 4) is 17.3 Å². The van der Waals surface area contributed by atoms with Gasteiger partial charge in [0.15, 0.2) is 5.82 Å². The van der Waals surface area contributed by atoms with E-state index >= 15 is 0 Å². The van der Waals surface area contributed by atoms with Crippen LogP contribution in [0.5, 0.6) is 5.75 Å². The van der Waals surface area contributed by atoms with E-state index in [1.54, 1.807) is 7.11 Å². The molecule has 5 heterocycles. The zero-order chi connectivity index (χ0) is 29.0. The van der Waals surface area contributed by atoms with Gasteiger partial charge in [0.2, 0.25) is 0 Å². The van der Waals surface area contributed by atoms with E-state index in [0.717, 1.165) is 77.7 Å². The van der Waals surface area contributed by atoms with E-state index in [9.17, 15) is 4.79 Å². The lowest BCUT2D eigenvalue weighted by Crippen LogP contribution is -2.53. The number of imidazole rings is 1. The van der Waals surface area contributed by atoms with Gasteiger partial charge in [-0.15, -0.1) is 0 Å². The molecule has 9 nitrogen and oxygen atoms in total. The van der Waals surface area contributed by atoms with Crippen LogP contribution in [0.15, 0.2) is 54.7 Å². The van der Waals surface area contributed by atoms with Crippen LogP contribution in [0.25, 0.3) is 33.5 Å². The average Bonchev–Trinajstić information content (AvgIpc) is 3.51. The lowest BCUT2D eigenvalue weighted by Gasteiger charge is -2.52. The summed E-state index contributed by atoms with van der Waals surface area (Å²) in [6, 6.07) is 17.0. The Morgan fingerprint density at radius 3 is 2.65 bits per heavy atom. The van der Waals surface area contributed by atoms with Gasteiger partial charge in [-0.1, -0.05) is 18.2 Å². The fourth-order valence-electron chi connectivity index (χ4n) is 8.50. The lowest BCUT2D eigenvalue weighted by molar-refractivity contribution is -0.0204. The van der Waals surface area contributed by atoms with Crippen LogP contribution in [0.2, 0.25) is 0 Å². The van der Waals surface area contributed by atoms with Crippen LogP contribution in [0.3, 0.4) is 0 Å². The third-order valence-electron chi connectivity index (χ3n) is 10.7. The molecule has 2 aliphatic heterocycles. The largest absolute Gasteiger partial charge is 0.494 e. The number of carbonyl (C=O) groups is 1. The number of anilines is 1. The molecule has 2 saturated carbocycles. The molecule has 4 atom stereocenters. The predicted molar refractivity (Wildman–Crippen MR) is 165 cm³/mol. The van der Waals surface area contributed by atoms with Crippen LogP contribution in [-0.4, -0.2) is 67.7 Å². The number of benzene rings is 2. The van der Waals surface area contributed by atoms with Crippen molar-refractivity contribution in [2.75, 3.05) is 31.6 Å². The van der Waals surface area contributed by atoms with Crippen molar-refractivity contribution in [1.82, 2.24) is 29.0 Å². The number of ether oxygens (including phenoxy) is 1. The number of rotatable bonds is 6. The minimum Gasteiger partial charge on any atom is -0.494 e. The molecule has 0 bridgehead atoms. The van der Waals surface area contributed by atoms with Crippen molar-refractivity contribution < 1.29 is 9.53 Å². The Hall–Kier alpha value is -4.40. The number of amides is 1. The van der Waals surface area contributed by atoms with Gasteiger partial charge in [-0.05, 0) is 67.9 Å². The third-order valence-corrected chi connectivity index (χ3v) is 10.7. The highest BCUT2D eigenvalue weighted by Gasteiger charge is 2.61. The first-order valence-electron chi connectivity index (χ1n) is 15.5. The quantitative estimate of drug-likeness (QED) is 0.287. The maximum Gasteiger partial charge on any atom is 0.254 e. The molecule has 43 heavy (non-hydrogen) atoms. The molecule has 9 rings (SSSR count). The first-order chi connectivity index (χ1) is 21.0. The number of fused-ring (bicyclic) bond motifs is 2. The van der Waals surface area contributed by atoms with Crippen molar-refractivity contribution >= 4 is 33.7 Å². The Morgan fingerprint density at radius 2 is 1.88 bits per heavy atom. The first kappa shape index (κ1) is 25.1. The molecule has 9 heteroatoms. The van der Waals surface area contributed by atoms with E-state index in [2.05, 4.69) is 66.3 Å². The number of carbonyl (C=O) groups excluding carboxylic acids is 1. The SMILES string of the molecule is COc1cc(C(=O)N2CC3CC4CC2C43)cc2nc(-c3cc4ccccc4n3C)n(CC3CN(c4ccnc(C)n4)C3)c12. The maximum atomic E-state index is 13.9. The van der Waals surface area contributed by atoms with Crippen LogP contribution in [0.4, 0.5) is 5.82 Å². The number of para-hydroxylation sites is 1. The van der Waals surface area contributed by atoms with Gasteiger partial charge in [0.05, 0.1) is 18.3 Å². The zero-order valence-electron chi connectivity index (χ0n) is 24.8. The summed E-state index contributed by atoms with van der Waals surface area (Å²) in [5.74, 6) is 6.18. The van der Waals surface area contributed by atoms with Crippen molar-refractivity contribution in [3.63, 3.8) is 0 Å². The zero-order valence-corrected chi connectivity index (χ0v) is 24.8. The fourth-order valence-corrected chi connectivity index (χ4v) is 8.50. The number of aromatic nitrogens is 5. The molecule has 2 aliphatic carbocycles. The van der Waals surface area contributed by atoms with Crippen molar-refractivity contribution in [3.05, 3.63) is 66.1 Å². The van der Waals surface area contributed by atoms with Gasteiger partial charge in [-0.3, -0.25) is 4.79 Å². The second-order valence-electron chi connectivity index (χ2n) is 13.1. The summed E-state index contributed by atoms with van der Waals surface area (Å²) in [5.41, 5.74) is 4.64. The van der Waals surface area contributed by atoms with Crippen LogP contribution >= 0.6 is 0 Å². The summed E-state index contributed by atoms with van der Waals surface area (Å²) in [4.78, 5) is 32.5. The van der Waals surface area contributed by atoms with Gasteiger partial charge in [0, 0.05) is 67.8 Å². The summed E-state index contributed by atoms with van der Waals surface area (Å²) in [6.07, 6.45) is 4.28. The molecule has 5 aromatic rings. The van der Waals surface area contributed by atoms with E-state index in [-0.39, 0.29) is 5.91 Å². The van der Waals surface area contributed by atoms with Crippen molar-refractivity contribution in [2.24, 2.45) is 30.7 Å². The molecular formula is C34H35N7O2. The molecule has 4 aliphatic rings. The van der Waals surface area contributed by atoms with Gasteiger partial charge in [-0.2, -0.15) is 0 Å². The number of nitrogens with zero attached hydrogens (tertiary/aromatic N) is 7. The average molecular weight is 574 g/mol. The summed E-state index contributed by atoms with van der Waals surface area (Å²) < 4.78 is 10.6. The molecule has 2 aromatic carbocycles. The number of hydrogen-bond donors (Lipinski definition) is 0. The van der Waals surface area contributed by atoms with E-state index in [4.69, 9.17) is 9.72 Å². The summed E-state index contributed by atoms with van der Waals surface area (Å²) in [7, 11) is 3.80. The number of aryl methyl sites for hydroxylation is 2. The monoisotopic (exact) mass is 573 g/mol. The second kappa shape index (κ2) is 9.05. The summed E-state index contributed by atoms with van der Waals surface area (Å²) in [6.45, 7) is 5.42. The molecule has 218 valence electrons. The molecule has 3 aromatic heterocycles. The molecule has 1 amide bonds. The Morgan fingerprint density at radius 1 is 1.02 bits per heavy atom. The number of likely N-dealkylation sites (tertiary alicyclic amines) is 1. The Kier molecular flexibility index (Phi) is 5.29. The van der Waals surface area contributed by atoms with Crippen LogP contribution in [-0.2, 0) is 13.6 Å². The fraction of sp³-hybridized carbons (Fsp3) is 0.412. The lowest BCUT2D eigenvalue weighted by atomic mass is 9.53. The minimum absolute atomic E-state index is 0.119. The van der Waals surface area contributed by atoms with Gasteiger partial charge < -0.3 is 23.7 Å². The molecule has 0 spiro atoms. The van der Waals surface area contributed by atoms with Crippen LogP contribution in [0, 0.1) is 30.6 Å². The third kappa shape index (κ3) is 3.63. The number of methoxy groups -OCH3 is 1. The Bertz CT molecular complexity index is 1940. The van der Waals surface area contributed by atoms with Crippen molar-refractivity contribution in [2.45, 2.75) is 32.4 Å². The number of hydrogen-bond acceptors (Lipinski definition) is 6. The van der Waals surface area contributed by atoms with E-state index in [1.807, 2.05) is 31.3 Å².